The van der Waals surface area contributed by atoms with Gasteiger partial charge in [0.25, 0.3) is 0 Å². The molecular formula is C21H21N3O2S3Si. The summed E-state index contributed by atoms with van der Waals surface area (Å²) in [6.45, 7) is 2.76. The number of isothiocyanates is 3. The molecule has 0 fully saturated rings. The lowest BCUT2D eigenvalue weighted by Crippen LogP contribution is -2.27. The zero-order chi connectivity index (χ0) is 21.8. The van der Waals surface area contributed by atoms with Crippen LogP contribution in [0.5, 0.6) is 11.5 Å². The summed E-state index contributed by atoms with van der Waals surface area (Å²) in [5.41, 5.74) is 3.09. The van der Waals surface area contributed by atoms with E-state index in [0.29, 0.717) is 25.5 Å². The van der Waals surface area contributed by atoms with E-state index in [1.54, 1.807) is 12.1 Å². The van der Waals surface area contributed by atoms with Gasteiger partial charge in [0.2, 0.25) is 0 Å². The summed E-state index contributed by atoms with van der Waals surface area (Å²) >= 11 is 14.2. The first kappa shape index (κ1) is 23.9. The van der Waals surface area contributed by atoms with Crippen LogP contribution in [0.3, 0.4) is 0 Å². The number of hydrogen-bond acceptors (Lipinski definition) is 8. The van der Waals surface area contributed by atoms with Crippen LogP contribution < -0.4 is 4.74 Å². The van der Waals surface area contributed by atoms with Crippen molar-refractivity contribution in [3.8, 4) is 22.6 Å². The number of nitrogens with zero attached hydrogens (tertiary/aromatic N) is 3. The van der Waals surface area contributed by atoms with E-state index in [0.717, 1.165) is 28.9 Å². The number of rotatable bonds is 11. The van der Waals surface area contributed by atoms with Crippen LogP contribution in [0, 0.1) is 0 Å². The third-order valence-electron chi connectivity index (χ3n) is 4.36. The molecule has 0 atom stereocenters. The number of thiocarbonyl (C=S) groups is 3. The molecular weight excluding hydrogens is 451 g/mol. The molecule has 0 saturated heterocycles. The van der Waals surface area contributed by atoms with Gasteiger partial charge >= 0.3 is 8.56 Å². The zero-order valence-electron chi connectivity index (χ0n) is 16.5. The van der Waals surface area contributed by atoms with Crippen LogP contribution in [0.15, 0.2) is 56.4 Å². The zero-order valence-corrected chi connectivity index (χ0v) is 19.9. The Labute approximate surface area is 193 Å². The molecule has 2 rings (SSSR count). The summed E-state index contributed by atoms with van der Waals surface area (Å²) in [7, 11) is -2.93. The van der Waals surface area contributed by atoms with Gasteiger partial charge in [-0.3, -0.25) is 0 Å². The fraction of sp³-hybridized carbons (Fsp3) is 0.286. The molecule has 0 heterocycles. The standard InChI is InChI=1S/C21H21N3O2S3Si/c1-2-11-26-20-8-5-17(6-9-20)21-10-7-19(25)13-18(21)4-3-12-30(22-14-27,23-15-28)24-16-29/h5-10,13,25H,2-4,11-12H2,1H3. The van der Waals surface area contributed by atoms with E-state index in [9.17, 15) is 5.11 Å². The minimum absolute atomic E-state index is 0.214. The smallest absolute Gasteiger partial charge is 0.461 e. The van der Waals surface area contributed by atoms with Crippen LogP contribution in [0.4, 0.5) is 0 Å². The van der Waals surface area contributed by atoms with Crippen molar-refractivity contribution in [1.82, 2.24) is 0 Å². The highest BCUT2D eigenvalue weighted by atomic mass is 32.1. The molecule has 0 unspecified atom stereocenters. The third kappa shape index (κ3) is 6.87. The maximum atomic E-state index is 10.00. The lowest BCUT2D eigenvalue weighted by molar-refractivity contribution is 0.317. The topological polar surface area (TPSA) is 66.5 Å². The molecule has 0 saturated carbocycles. The van der Waals surface area contributed by atoms with Gasteiger partial charge in [0.05, 0.1) is 22.1 Å². The highest BCUT2D eigenvalue weighted by Gasteiger charge is 2.33. The Hall–Kier alpha value is -2.34. The summed E-state index contributed by atoms with van der Waals surface area (Å²) in [5.74, 6) is 1.05. The van der Waals surface area contributed by atoms with Gasteiger partial charge in [-0.2, -0.15) is 0 Å². The molecule has 30 heavy (non-hydrogen) atoms. The predicted molar refractivity (Wildman–Crippen MR) is 133 cm³/mol. The molecule has 0 aliphatic heterocycles. The second-order valence-electron chi connectivity index (χ2n) is 6.45. The number of ether oxygens (including phenoxy) is 1. The molecule has 0 spiro atoms. The normalized spacial score (nSPS) is 11.9. The lowest BCUT2D eigenvalue weighted by Gasteiger charge is -2.14. The Morgan fingerprint density at radius 3 is 2.17 bits per heavy atom. The monoisotopic (exact) mass is 471 g/mol. The predicted octanol–water partition coefficient (Wildman–Crippen LogP) is 6.03. The second-order valence-corrected chi connectivity index (χ2v) is 9.72. The second kappa shape index (κ2) is 12.4. The number of phenolic OH excluding ortho intramolecular Hbond substituents is 1. The van der Waals surface area contributed by atoms with Crippen molar-refractivity contribution in [3.63, 3.8) is 0 Å². The Morgan fingerprint density at radius 2 is 1.60 bits per heavy atom. The Balaban J connectivity index is 2.24. The fourth-order valence-electron chi connectivity index (χ4n) is 3.00. The maximum absolute atomic E-state index is 10.00. The van der Waals surface area contributed by atoms with Gasteiger partial charge < -0.3 is 9.84 Å². The largest absolute Gasteiger partial charge is 0.508 e. The SMILES string of the molecule is CCCOc1ccc(-c2ccc(O)cc2CCC[Si](N=C=S)(N=C=S)N=C=S)cc1. The average molecular weight is 472 g/mol. The van der Waals surface area contributed by atoms with Gasteiger partial charge in [-0.25, -0.2) is 14.0 Å². The molecule has 154 valence electrons. The van der Waals surface area contributed by atoms with Crippen molar-refractivity contribution in [2.75, 3.05) is 6.61 Å². The van der Waals surface area contributed by atoms with Crippen molar-refractivity contribution >= 4 is 60.7 Å². The van der Waals surface area contributed by atoms with E-state index < -0.39 is 8.56 Å². The number of aromatic hydroxyl groups is 1. The summed E-state index contributed by atoms with van der Waals surface area (Å²) in [6, 6.07) is 13.8. The van der Waals surface area contributed by atoms with Gasteiger partial charge in [-0.1, -0.05) is 25.1 Å². The first-order valence-electron chi connectivity index (χ1n) is 9.39. The third-order valence-corrected chi connectivity index (χ3v) is 7.55. The molecule has 0 radical (unpaired) electrons. The average Bonchev–Trinajstić information content (AvgIpc) is 2.73. The number of aryl methyl sites for hydroxylation is 1. The van der Waals surface area contributed by atoms with Crippen LogP contribution in [-0.2, 0) is 6.42 Å². The van der Waals surface area contributed by atoms with Crippen molar-refractivity contribution in [2.45, 2.75) is 32.2 Å². The van der Waals surface area contributed by atoms with Gasteiger partial charge in [0.15, 0.2) is 0 Å². The van der Waals surface area contributed by atoms with Gasteiger partial charge in [0, 0.05) is 6.04 Å². The molecule has 2 aromatic carbocycles. The Bertz CT molecular complexity index is 965. The molecule has 2 aromatic rings. The first-order chi connectivity index (χ1) is 14.6. The summed E-state index contributed by atoms with van der Waals surface area (Å²) in [4.78, 5) is 0. The Kier molecular flexibility index (Phi) is 9.87. The fourth-order valence-corrected chi connectivity index (χ4v) is 5.89. The minimum atomic E-state index is -2.93. The van der Waals surface area contributed by atoms with Gasteiger partial charge in [-0.15, -0.1) is 0 Å². The summed E-state index contributed by atoms with van der Waals surface area (Å²) in [6.07, 6.45) is 2.34. The van der Waals surface area contributed by atoms with E-state index in [2.05, 4.69) is 36.4 Å². The number of benzene rings is 2. The first-order valence-corrected chi connectivity index (χ1v) is 12.7. The van der Waals surface area contributed by atoms with Gasteiger partial charge in [0.1, 0.15) is 11.5 Å². The highest BCUT2D eigenvalue weighted by molar-refractivity contribution is 7.78. The highest BCUT2D eigenvalue weighted by Crippen LogP contribution is 2.30. The van der Waals surface area contributed by atoms with Crippen molar-refractivity contribution in [1.29, 1.82) is 0 Å². The molecule has 0 aromatic heterocycles. The van der Waals surface area contributed by atoms with Crippen LogP contribution in [-0.4, -0.2) is 35.8 Å². The molecule has 0 amide bonds. The van der Waals surface area contributed by atoms with E-state index in [1.807, 2.05) is 30.3 Å². The molecule has 0 aliphatic rings. The van der Waals surface area contributed by atoms with Crippen LogP contribution in [0.1, 0.15) is 25.3 Å². The molecule has 5 nitrogen and oxygen atoms in total. The van der Waals surface area contributed by atoms with Crippen LogP contribution >= 0.6 is 36.7 Å². The lowest BCUT2D eigenvalue weighted by atomic mass is 9.96. The van der Waals surface area contributed by atoms with E-state index >= 15 is 0 Å². The molecule has 9 heteroatoms. The van der Waals surface area contributed by atoms with Crippen molar-refractivity contribution in [2.24, 2.45) is 14.0 Å². The molecule has 1 N–H and O–H groups in total. The molecule has 0 aliphatic carbocycles. The quantitative estimate of drug-likeness (QED) is 0.246. The van der Waals surface area contributed by atoms with E-state index in [-0.39, 0.29) is 5.75 Å². The van der Waals surface area contributed by atoms with Crippen molar-refractivity contribution in [3.05, 3.63) is 48.0 Å². The van der Waals surface area contributed by atoms with Crippen LogP contribution in [0.2, 0.25) is 6.04 Å². The Morgan fingerprint density at radius 1 is 0.967 bits per heavy atom. The maximum Gasteiger partial charge on any atom is 0.461 e. The number of phenols is 1. The van der Waals surface area contributed by atoms with Crippen molar-refractivity contribution < 1.29 is 9.84 Å². The van der Waals surface area contributed by atoms with E-state index in [1.165, 1.54) is 0 Å². The summed E-state index contributed by atoms with van der Waals surface area (Å²) < 4.78 is 18.1. The summed E-state index contributed by atoms with van der Waals surface area (Å²) in [5, 5.41) is 17.1. The van der Waals surface area contributed by atoms with Gasteiger partial charge in [-0.05, 0) is 96.9 Å². The molecule has 0 bridgehead atoms. The van der Waals surface area contributed by atoms with E-state index in [4.69, 9.17) is 41.4 Å². The van der Waals surface area contributed by atoms with Crippen LogP contribution in [0.25, 0.3) is 11.1 Å². The minimum Gasteiger partial charge on any atom is -0.508 e. The number of hydrogen-bond donors (Lipinski definition) is 1.